The summed E-state index contributed by atoms with van der Waals surface area (Å²) in [7, 11) is -7.45. The van der Waals surface area contributed by atoms with Crippen LogP contribution in [-0.2, 0) is 14.4 Å². The van der Waals surface area contributed by atoms with Gasteiger partial charge in [-0.15, -0.1) is 0 Å². The van der Waals surface area contributed by atoms with Crippen molar-refractivity contribution in [2.75, 3.05) is 0 Å². The lowest BCUT2D eigenvalue weighted by Crippen LogP contribution is -2.45. The van der Waals surface area contributed by atoms with Gasteiger partial charge in [0.1, 0.15) is 8.24 Å². The summed E-state index contributed by atoms with van der Waals surface area (Å²) in [4.78, 5) is 12.1. The number of carbonyl (C=O) groups is 1. The smallest absolute Gasteiger partial charge is 0.324 e. The first kappa shape index (κ1) is 18.1. The fourth-order valence-electron chi connectivity index (χ4n) is 1.57. The second-order valence-corrected chi connectivity index (χ2v) is 18.1. The van der Waals surface area contributed by atoms with Crippen LogP contribution >= 0.6 is 0 Å². The van der Waals surface area contributed by atoms with E-state index in [1.807, 2.05) is 39.3 Å². The minimum absolute atomic E-state index is 0.162. The van der Waals surface area contributed by atoms with E-state index < -0.39 is 32.5 Å². The van der Waals surface area contributed by atoms with Gasteiger partial charge in [-0.2, -0.15) is 0 Å². The second kappa shape index (κ2) is 6.03. The van der Waals surface area contributed by atoms with E-state index in [4.69, 9.17) is 4.43 Å². The van der Waals surface area contributed by atoms with Crippen LogP contribution in [0.5, 0.6) is 0 Å². The normalized spacial score (nSPS) is 13.0. The number of carbonyl (C=O) groups excluding carboxylic acids is 1. The molecule has 0 fully saturated rings. The zero-order chi connectivity index (χ0) is 16.5. The summed E-state index contributed by atoms with van der Waals surface area (Å²) >= 11 is 0. The summed E-state index contributed by atoms with van der Waals surface area (Å²) in [5.41, 5.74) is 0.365. The highest BCUT2D eigenvalue weighted by atomic mass is 32.2. The molecule has 0 aliphatic heterocycles. The average molecular weight is 346 g/mol. The number of rotatable bonds is 5. The molecule has 0 spiro atoms. The molecule has 0 radical (unpaired) electrons. The zero-order valence-corrected chi connectivity index (χ0v) is 16.2. The lowest BCUT2D eigenvalue weighted by atomic mass is 10.2. The molecule has 0 unspecified atom stereocenters. The Labute approximate surface area is 129 Å². The van der Waals surface area contributed by atoms with Crippen molar-refractivity contribution in [1.29, 1.82) is 0 Å². The molecule has 21 heavy (non-hydrogen) atoms. The van der Waals surface area contributed by atoms with Crippen molar-refractivity contribution >= 4 is 32.5 Å². The molecule has 118 valence electrons. The molecule has 0 bridgehead atoms. The van der Waals surface area contributed by atoms with Gasteiger partial charge in [0.05, 0.1) is 10.5 Å². The molecule has 0 aliphatic rings. The molecule has 1 aromatic rings. The Kier molecular flexibility index (Phi) is 5.19. The maximum absolute atomic E-state index is 12.2. The highest BCUT2D eigenvalue weighted by molar-refractivity contribution is 7.91. The van der Waals surface area contributed by atoms with E-state index in [1.54, 1.807) is 0 Å². The molecule has 0 atom stereocenters. The molecule has 0 saturated carbocycles. The highest BCUT2D eigenvalue weighted by Crippen LogP contribution is 2.15. The largest absolute Gasteiger partial charge is 0.516 e. The third kappa shape index (κ3) is 6.12. The fourth-order valence-corrected chi connectivity index (χ4v) is 6.43. The van der Waals surface area contributed by atoms with Crippen LogP contribution in [-0.4, -0.2) is 30.9 Å². The summed E-state index contributed by atoms with van der Waals surface area (Å²) in [5, 5.41) is 0. The van der Waals surface area contributed by atoms with Gasteiger partial charge in [0.25, 0.3) is 0 Å². The van der Waals surface area contributed by atoms with Crippen molar-refractivity contribution in [2.45, 2.75) is 44.2 Å². The van der Waals surface area contributed by atoms with Gasteiger partial charge >= 0.3 is 5.97 Å². The Morgan fingerprint density at radius 2 is 1.48 bits per heavy atom. The van der Waals surface area contributed by atoms with E-state index in [1.165, 1.54) is 24.3 Å². The van der Waals surface area contributed by atoms with Crippen LogP contribution in [0.15, 0.2) is 29.2 Å². The molecule has 5 nitrogen and oxygen atoms in total. The Balaban J connectivity index is 2.96. The molecule has 1 aromatic carbocycles. The highest BCUT2D eigenvalue weighted by Gasteiger charge is 2.25. The van der Waals surface area contributed by atoms with Gasteiger partial charge in [0.2, 0.25) is 18.3 Å². The van der Waals surface area contributed by atoms with Gasteiger partial charge in [-0.25, -0.2) is 17.6 Å². The Morgan fingerprint density at radius 1 is 1.00 bits per heavy atom. The summed E-state index contributed by atoms with van der Waals surface area (Å²) in [6, 6.07) is 5.84. The van der Waals surface area contributed by atoms with E-state index >= 15 is 0 Å². The quantitative estimate of drug-likeness (QED) is 0.833. The van der Waals surface area contributed by atoms with Crippen LogP contribution in [0.1, 0.15) is 10.4 Å². The molecule has 0 aliphatic carbocycles. The number of benzene rings is 1. The SMILES string of the molecule is C[Si](C)(C)NS(=O)(=O)c1ccc(C(=O)O[Si](C)(C)C)cc1. The molecule has 1 rings (SSSR count). The van der Waals surface area contributed by atoms with Gasteiger partial charge in [-0.3, -0.25) is 0 Å². The Morgan fingerprint density at radius 3 is 1.86 bits per heavy atom. The lowest BCUT2D eigenvalue weighted by Gasteiger charge is -2.19. The standard InChI is InChI=1S/C13H23NO4SSi2/c1-20(2,3)14-19(16,17)12-9-7-11(8-10-12)13(15)18-21(4,5)6/h7-10,14H,1-6H3. The topological polar surface area (TPSA) is 72.5 Å². The van der Waals surface area contributed by atoms with Gasteiger partial charge in [-0.05, 0) is 43.9 Å². The van der Waals surface area contributed by atoms with Crippen LogP contribution in [0, 0.1) is 0 Å². The first-order chi connectivity index (χ1) is 9.30. The Bertz CT molecular complexity index is 613. The summed E-state index contributed by atoms with van der Waals surface area (Å²) in [5.74, 6) is -0.406. The third-order valence-corrected chi connectivity index (χ3v) is 7.45. The number of hydrogen-bond donors (Lipinski definition) is 1. The third-order valence-electron chi connectivity index (χ3n) is 2.24. The van der Waals surface area contributed by atoms with Gasteiger partial charge in [0.15, 0.2) is 0 Å². The van der Waals surface area contributed by atoms with E-state index in [0.717, 1.165) is 0 Å². The zero-order valence-electron chi connectivity index (χ0n) is 13.4. The van der Waals surface area contributed by atoms with Crippen molar-refractivity contribution in [3.63, 3.8) is 0 Å². The van der Waals surface area contributed by atoms with Crippen molar-refractivity contribution in [3.8, 4) is 0 Å². The average Bonchev–Trinajstić information content (AvgIpc) is 2.23. The molecular formula is C13H23NO4SSi2. The summed E-state index contributed by atoms with van der Waals surface area (Å²) in [6.45, 7) is 11.5. The Hall–Kier alpha value is -0.966. The fraction of sp³-hybridized carbons (Fsp3) is 0.462. The maximum atomic E-state index is 12.2. The van der Waals surface area contributed by atoms with Crippen LogP contribution in [0.2, 0.25) is 39.3 Å². The van der Waals surface area contributed by atoms with Crippen LogP contribution in [0.3, 0.4) is 0 Å². The number of hydrogen-bond acceptors (Lipinski definition) is 4. The van der Waals surface area contributed by atoms with E-state index in [0.29, 0.717) is 5.56 Å². The van der Waals surface area contributed by atoms with Gasteiger partial charge in [0, 0.05) is 0 Å². The predicted molar refractivity (Wildman–Crippen MR) is 88.9 cm³/mol. The molecule has 1 N–H and O–H groups in total. The molecule has 8 heteroatoms. The first-order valence-corrected chi connectivity index (χ1v) is 15.1. The van der Waals surface area contributed by atoms with Crippen molar-refractivity contribution < 1.29 is 17.6 Å². The molecule has 0 heterocycles. The second-order valence-electron chi connectivity index (χ2n) is 6.88. The van der Waals surface area contributed by atoms with Crippen molar-refractivity contribution in [2.24, 2.45) is 0 Å². The van der Waals surface area contributed by atoms with E-state index in [2.05, 4.69) is 4.39 Å². The molecule has 0 amide bonds. The van der Waals surface area contributed by atoms with E-state index in [9.17, 15) is 13.2 Å². The lowest BCUT2D eigenvalue weighted by molar-refractivity contribution is 0.0724. The molecule has 0 aromatic heterocycles. The predicted octanol–water partition coefficient (Wildman–Crippen LogP) is 2.79. The molecular weight excluding hydrogens is 322 g/mol. The maximum Gasteiger partial charge on any atom is 0.324 e. The van der Waals surface area contributed by atoms with Crippen LogP contribution in [0.4, 0.5) is 0 Å². The number of nitrogens with one attached hydrogen (secondary N) is 1. The van der Waals surface area contributed by atoms with Gasteiger partial charge in [-0.1, -0.05) is 19.6 Å². The summed E-state index contributed by atoms with van der Waals surface area (Å²) < 4.78 is 32.4. The monoisotopic (exact) mass is 345 g/mol. The molecule has 0 saturated heterocycles. The van der Waals surface area contributed by atoms with Crippen molar-refractivity contribution in [1.82, 2.24) is 4.39 Å². The van der Waals surface area contributed by atoms with Crippen molar-refractivity contribution in [3.05, 3.63) is 29.8 Å². The van der Waals surface area contributed by atoms with E-state index in [-0.39, 0.29) is 4.90 Å². The summed E-state index contributed by atoms with van der Waals surface area (Å²) in [6.07, 6.45) is 0. The minimum Gasteiger partial charge on any atom is -0.516 e. The number of sulfonamides is 1. The minimum atomic E-state index is -3.53. The van der Waals surface area contributed by atoms with Crippen LogP contribution < -0.4 is 4.39 Å². The van der Waals surface area contributed by atoms with Crippen LogP contribution in [0.25, 0.3) is 0 Å². The van der Waals surface area contributed by atoms with Gasteiger partial charge < -0.3 is 4.43 Å². The first-order valence-electron chi connectivity index (χ1n) is 6.68.